The van der Waals surface area contributed by atoms with Crippen molar-refractivity contribution in [3.63, 3.8) is 0 Å². The molecule has 0 spiro atoms. The molecule has 1 amide bonds. The number of primary amides is 1. The van der Waals surface area contributed by atoms with Crippen LogP contribution in [0.4, 0.5) is 0 Å². The zero-order chi connectivity index (χ0) is 14.6. The average Bonchev–Trinajstić information content (AvgIpc) is 2.69. The molecule has 0 bridgehead atoms. The van der Waals surface area contributed by atoms with Gasteiger partial charge in [-0.05, 0) is 26.2 Å². The smallest absolute Gasteiger partial charge is 0.330 e. The lowest BCUT2D eigenvalue weighted by Gasteiger charge is -2.13. The molecular formula is C12H20N4O3. The molecule has 1 atom stereocenters. The van der Waals surface area contributed by atoms with E-state index >= 15 is 0 Å². The molecule has 0 aliphatic rings. The zero-order valence-corrected chi connectivity index (χ0v) is 11.7. The van der Waals surface area contributed by atoms with E-state index in [0.717, 1.165) is 6.42 Å². The zero-order valence-electron chi connectivity index (χ0n) is 11.7. The van der Waals surface area contributed by atoms with Gasteiger partial charge in [0.25, 0.3) is 5.91 Å². The first-order valence-electron chi connectivity index (χ1n) is 6.22. The minimum absolute atomic E-state index is 0.0711. The van der Waals surface area contributed by atoms with E-state index in [1.54, 1.807) is 13.8 Å². The predicted octanol–water partition coefficient (Wildman–Crippen LogP) is 0.836. The first-order chi connectivity index (χ1) is 8.84. The number of esters is 1. The van der Waals surface area contributed by atoms with Gasteiger partial charge in [0.15, 0.2) is 5.69 Å². The van der Waals surface area contributed by atoms with Crippen LogP contribution in [0, 0.1) is 12.8 Å². The molecule has 7 nitrogen and oxygen atoms in total. The fourth-order valence-electron chi connectivity index (χ4n) is 1.55. The minimum Gasteiger partial charge on any atom is -0.464 e. The summed E-state index contributed by atoms with van der Waals surface area (Å²) in [6.07, 6.45) is 0.807. The van der Waals surface area contributed by atoms with E-state index in [1.807, 2.05) is 0 Å². The summed E-state index contributed by atoms with van der Waals surface area (Å²) in [5.74, 6) is -0.591. The number of aromatic nitrogens is 3. The summed E-state index contributed by atoms with van der Waals surface area (Å²) in [7, 11) is 0. The van der Waals surface area contributed by atoms with Crippen LogP contribution in [0.15, 0.2) is 0 Å². The standard InChI is InChI=1S/C12H20N4O3/c1-7(2)5-6-19-12(18)9(4)16-8(3)10(11(13)17)14-15-16/h7,9H,5-6H2,1-4H3,(H2,13,17). The summed E-state index contributed by atoms with van der Waals surface area (Å²) in [4.78, 5) is 22.9. The van der Waals surface area contributed by atoms with Crippen LogP contribution in [0.3, 0.4) is 0 Å². The molecule has 106 valence electrons. The highest BCUT2D eigenvalue weighted by atomic mass is 16.5. The number of amides is 1. The van der Waals surface area contributed by atoms with Crippen molar-refractivity contribution in [1.82, 2.24) is 15.0 Å². The van der Waals surface area contributed by atoms with E-state index in [0.29, 0.717) is 18.2 Å². The van der Waals surface area contributed by atoms with Gasteiger partial charge in [-0.1, -0.05) is 19.1 Å². The van der Waals surface area contributed by atoms with Gasteiger partial charge in [-0.25, -0.2) is 9.48 Å². The van der Waals surface area contributed by atoms with Crippen molar-refractivity contribution in [2.45, 2.75) is 40.2 Å². The number of rotatable bonds is 6. The second-order valence-corrected chi connectivity index (χ2v) is 4.86. The molecule has 1 heterocycles. The van der Waals surface area contributed by atoms with Crippen LogP contribution in [0.5, 0.6) is 0 Å². The Labute approximate surface area is 112 Å². The Bertz CT molecular complexity index is 468. The molecule has 1 aromatic rings. The van der Waals surface area contributed by atoms with Gasteiger partial charge >= 0.3 is 5.97 Å². The normalized spacial score (nSPS) is 12.5. The van der Waals surface area contributed by atoms with Crippen molar-refractivity contribution in [2.75, 3.05) is 6.61 Å². The van der Waals surface area contributed by atoms with E-state index in [4.69, 9.17) is 10.5 Å². The Morgan fingerprint density at radius 3 is 2.47 bits per heavy atom. The van der Waals surface area contributed by atoms with Gasteiger partial charge in [0.1, 0.15) is 6.04 Å². The lowest BCUT2D eigenvalue weighted by atomic mass is 10.1. The first kappa shape index (κ1) is 15.1. The number of hydrogen-bond acceptors (Lipinski definition) is 5. The van der Waals surface area contributed by atoms with E-state index in [-0.39, 0.29) is 5.69 Å². The molecule has 0 saturated carbocycles. The van der Waals surface area contributed by atoms with E-state index < -0.39 is 17.9 Å². The predicted molar refractivity (Wildman–Crippen MR) is 68.4 cm³/mol. The van der Waals surface area contributed by atoms with Crippen molar-refractivity contribution in [3.05, 3.63) is 11.4 Å². The maximum Gasteiger partial charge on any atom is 0.330 e. The number of nitrogens with two attached hydrogens (primary N) is 1. The minimum atomic E-state index is -0.663. The number of ether oxygens (including phenoxy) is 1. The van der Waals surface area contributed by atoms with Gasteiger partial charge in [-0.2, -0.15) is 0 Å². The second kappa shape index (κ2) is 6.31. The molecule has 7 heteroatoms. The summed E-state index contributed by atoms with van der Waals surface area (Å²) < 4.78 is 6.50. The summed E-state index contributed by atoms with van der Waals surface area (Å²) in [6, 6.07) is -0.632. The molecular weight excluding hydrogens is 248 g/mol. The van der Waals surface area contributed by atoms with Gasteiger partial charge in [0.2, 0.25) is 0 Å². The summed E-state index contributed by atoms with van der Waals surface area (Å²) >= 11 is 0. The highest BCUT2D eigenvalue weighted by Crippen LogP contribution is 2.13. The molecule has 0 aromatic carbocycles. The Kier molecular flexibility index (Phi) is 5.02. The van der Waals surface area contributed by atoms with Crippen LogP contribution in [0.1, 0.15) is 49.4 Å². The monoisotopic (exact) mass is 268 g/mol. The third-order valence-electron chi connectivity index (χ3n) is 2.81. The first-order valence-corrected chi connectivity index (χ1v) is 6.22. The summed E-state index contributed by atoms with van der Waals surface area (Å²) in [6.45, 7) is 7.76. The largest absolute Gasteiger partial charge is 0.464 e. The molecule has 1 unspecified atom stereocenters. The second-order valence-electron chi connectivity index (χ2n) is 4.86. The van der Waals surface area contributed by atoms with Crippen molar-refractivity contribution in [2.24, 2.45) is 11.7 Å². The third-order valence-corrected chi connectivity index (χ3v) is 2.81. The van der Waals surface area contributed by atoms with Crippen molar-refractivity contribution < 1.29 is 14.3 Å². The molecule has 2 N–H and O–H groups in total. The fraction of sp³-hybridized carbons (Fsp3) is 0.667. The highest BCUT2D eigenvalue weighted by Gasteiger charge is 2.23. The van der Waals surface area contributed by atoms with Crippen molar-refractivity contribution in [1.29, 1.82) is 0 Å². The SMILES string of the molecule is Cc1c(C(N)=O)nnn1C(C)C(=O)OCCC(C)C. The van der Waals surface area contributed by atoms with E-state index in [1.165, 1.54) is 4.68 Å². The number of carbonyl (C=O) groups excluding carboxylic acids is 2. The molecule has 0 radical (unpaired) electrons. The average molecular weight is 268 g/mol. The number of carbonyl (C=O) groups is 2. The van der Waals surface area contributed by atoms with Crippen LogP contribution < -0.4 is 5.73 Å². The molecule has 0 aliphatic carbocycles. The van der Waals surface area contributed by atoms with Crippen LogP contribution >= 0.6 is 0 Å². The van der Waals surface area contributed by atoms with Gasteiger partial charge < -0.3 is 10.5 Å². The molecule has 0 saturated heterocycles. The van der Waals surface area contributed by atoms with Crippen LogP contribution in [0.2, 0.25) is 0 Å². The number of nitrogens with zero attached hydrogens (tertiary/aromatic N) is 3. The molecule has 19 heavy (non-hydrogen) atoms. The van der Waals surface area contributed by atoms with Gasteiger partial charge in [0.05, 0.1) is 12.3 Å². The molecule has 1 rings (SSSR count). The van der Waals surface area contributed by atoms with Gasteiger partial charge in [-0.15, -0.1) is 5.10 Å². The Balaban J connectivity index is 2.69. The quantitative estimate of drug-likeness (QED) is 0.770. The lowest BCUT2D eigenvalue weighted by Crippen LogP contribution is -2.22. The van der Waals surface area contributed by atoms with Gasteiger partial charge in [0, 0.05) is 0 Å². The summed E-state index contributed by atoms with van der Waals surface area (Å²) in [5, 5.41) is 7.42. The topological polar surface area (TPSA) is 100 Å². The lowest BCUT2D eigenvalue weighted by molar-refractivity contribution is -0.147. The van der Waals surface area contributed by atoms with Crippen molar-refractivity contribution in [3.8, 4) is 0 Å². The molecule has 0 aliphatic heterocycles. The highest BCUT2D eigenvalue weighted by molar-refractivity contribution is 5.91. The number of hydrogen-bond donors (Lipinski definition) is 1. The van der Waals surface area contributed by atoms with Crippen LogP contribution in [0.25, 0.3) is 0 Å². The van der Waals surface area contributed by atoms with Crippen LogP contribution in [-0.2, 0) is 9.53 Å². The Hall–Kier alpha value is -1.92. The third kappa shape index (κ3) is 3.77. The van der Waals surface area contributed by atoms with Crippen LogP contribution in [-0.4, -0.2) is 33.5 Å². The summed E-state index contributed by atoms with van der Waals surface area (Å²) in [5.41, 5.74) is 5.68. The molecule has 1 aromatic heterocycles. The fourth-order valence-corrected chi connectivity index (χ4v) is 1.55. The maximum atomic E-state index is 11.8. The van der Waals surface area contributed by atoms with E-state index in [2.05, 4.69) is 24.2 Å². The molecule has 0 fully saturated rings. The maximum absolute atomic E-state index is 11.8. The Morgan fingerprint density at radius 1 is 1.37 bits per heavy atom. The van der Waals surface area contributed by atoms with Gasteiger partial charge in [-0.3, -0.25) is 4.79 Å². The van der Waals surface area contributed by atoms with E-state index in [9.17, 15) is 9.59 Å². The Morgan fingerprint density at radius 2 is 2.00 bits per heavy atom. The van der Waals surface area contributed by atoms with Crippen molar-refractivity contribution >= 4 is 11.9 Å².